The Kier molecular flexibility index (Phi) is 12.6. The van der Waals surface area contributed by atoms with Gasteiger partial charge in [0.2, 0.25) is 0 Å². The van der Waals surface area contributed by atoms with Crippen LogP contribution >= 0.6 is 11.3 Å². The molecule has 1 rings (SSSR count). The smallest absolute Gasteiger partial charge is 0.192 e. The molecule has 3 nitrogen and oxygen atoms in total. The lowest BCUT2D eigenvalue weighted by Gasteiger charge is -2.39. The molecular weight excluding hydrogens is 495 g/mol. The second-order valence-electron chi connectivity index (χ2n) is 13.9. The molecule has 0 fully saturated rings. The highest BCUT2D eigenvalue weighted by Gasteiger charge is 2.39. The molecule has 1 aromatic rings. The summed E-state index contributed by atoms with van der Waals surface area (Å²) in [5.74, 6) is 0.605. The Labute approximate surface area is 230 Å². The Morgan fingerprint density at radius 3 is 2.11 bits per heavy atom. The zero-order valence-electron chi connectivity index (χ0n) is 26.1. The van der Waals surface area contributed by atoms with Crippen molar-refractivity contribution < 1.29 is 8.85 Å². The van der Waals surface area contributed by atoms with Crippen LogP contribution in [0.5, 0.6) is 0 Å². The minimum Gasteiger partial charge on any atom is -0.417 e. The van der Waals surface area contributed by atoms with Crippen LogP contribution in [0.3, 0.4) is 0 Å². The molecule has 2 atom stereocenters. The van der Waals surface area contributed by atoms with E-state index in [0.29, 0.717) is 5.92 Å². The SMILES string of the molecule is C/C(=C/c1csc(C)n1)C(C/C=C(\C)CCC[C@H](C)CO[Si](C)(C)C(C)(C)C)O[Si](C)(C)C(C)(C)C. The van der Waals surface area contributed by atoms with E-state index in [-0.39, 0.29) is 16.2 Å². The van der Waals surface area contributed by atoms with Crippen LogP contribution in [0.25, 0.3) is 6.08 Å². The summed E-state index contributed by atoms with van der Waals surface area (Å²) in [5.41, 5.74) is 3.78. The summed E-state index contributed by atoms with van der Waals surface area (Å²) in [5, 5.41) is 3.71. The molecular formula is C30H57NO2SSi2. The van der Waals surface area contributed by atoms with Crippen molar-refractivity contribution in [3.8, 4) is 0 Å². The maximum absolute atomic E-state index is 6.92. The predicted octanol–water partition coefficient (Wildman–Crippen LogP) is 10.4. The minimum absolute atomic E-state index is 0.0970. The molecule has 36 heavy (non-hydrogen) atoms. The van der Waals surface area contributed by atoms with Gasteiger partial charge in [-0.15, -0.1) is 11.3 Å². The van der Waals surface area contributed by atoms with Crippen molar-refractivity contribution in [2.24, 2.45) is 5.92 Å². The molecule has 1 aromatic heterocycles. The molecule has 1 heterocycles. The number of aryl methyl sites for hydroxylation is 1. The molecule has 0 aliphatic rings. The van der Waals surface area contributed by atoms with Gasteiger partial charge in [-0.25, -0.2) is 4.98 Å². The number of rotatable bonds is 13. The van der Waals surface area contributed by atoms with Crippen molar-refractivity contribution >= 4 is 34.0 Å². The van der Waals surface area contributed by atoms with Crippen molar-refractivity contribution in [3.05, 3.63) is 33.3 Å². The Hall–Kier alpha value is -0.536. The fourth-order valence-corrected chi connectivity index (χ4v) is 6.47. The summed E-state index contributed by atoms with van der Waals surface area (Å²) in [7, 11) is -3.55. The van der Waals surface area contributed by atoms with Crippen LogP contribution in [0.4, 0.5) is 0 Å². The maximum Gasteiger partial charge on any atom is 0.192 e. The molecule has 0 aromatic carbocycles. The van der Waals surface area contributed by atoms with E-state index in [9.17, 15) is 0 Å². The lowest BCUT2D eigenvalue weighted by Crippen LogP contribution is -2.44. The van der Waals surface area contributed by atoms with Gasteiger partial charge in [-0.2, -0.15) is 0 Å². The highest BCUT2D eigenvalue weighted by molar-refractivity contribution is 7.09. The fraction of sp³-hybridized carbons (Fsp3) is 0.767. The summed E-state index contributed by atoms with van der Waals surface area (Å²) in [6, 6.07) is 0. The third-order valence-corrected chi connectivity index (χ3v) is 18.0. The third-order valence-electron chi connectivity index (χ3n) is 8.25. The van der Waals surface area contributed by atoms with Gasteiger partial charge in [0.05, 0.1) is 16.8 Å². The molecule has 0 N–H and O–H groups in total. The zero-order chi connectivity index (χ0) is 27.9. The standard InChI is InChI=1S/C30H57NO2SSi2/c1-23(16-15-17-24(2)21-32-35(11,12)29(5,6)7)18-19-28(33-36(13,14)30(8,9)10)25(3)20-27-22-34-26(4)31-27/h18,20,22,24,28H,15-17,19,21H2,1-14H3/b23-18+,25-20-/t24-,28?/m0/s1. The number of hydrogen-bond acceptors (Lipinski definition) is 4. The van der Waals surface area contributed by atoms with Gasteiger partial charge in [0.1, 0.15) is 0 Å². The van der Waals surface area contributed by atoms with Crippen molar-refractivity contribution in [3.63, 3.8) is 0 Å². The van der Waals surface area contributed by atoms with Gasteiger partial charge in [0.25, 0.3) is 0 Å². The quantitative estimate of drug-likeness (QED) is 0.180. The molecule has 1 unspecified atom stereocenters. The van der Waals surface area contributed by atoms with E-state index in [4.69, 9.17) is 8.85 Å². The number of nitrogens with zero attached hydrogens (tertiary/aromatic N) is 1. The predicted molar refractivity (Wildman–Crippen MR) is 167 cm³/mol. The van der Waals surface area contributed by atoms with Crippen LogP contribution in [0.1, 0.15) is 98.7 Å². The molecule has 0 saturated heterocycles. The largest absolute Gasteiger partial charge is 0.417 e. The van der Waals surface area contributed by atoms with Crippen LogP contribution in [-0.2, 0) is 8.85 Å². The maximum atomic E-state index is 6.92. The van der Waals surface area contributed by atoms with Crippen molar-refractivity contribution in [1.82, 2.24) is 4.98 Å². The van der Waals surface area contributed by atoms with E-state index in [1.807, 2.05) is 0 Å². The lowest BCUT2D eigenvalue weighted by molar-refractivity contribution is 0.217. The first-order valence-electron chi connectivity index (χ1n) is 13.8. The fourth-order valence-electron chi connectivity index (χ4n) is 3.42. The van der Waals surface area contributed by atoms with Crippen LogP contribution in [0.15, 0.2) is 22.6 Å². The average Bonchev–Trinajstić information content (AvgIpc) is 3.12. The highest BCUT2D eigenvalue weighted by atomic mass is 32.1. The zero-order valence-corrected chi connectivity index (χ0v) is 28.9. The topological polar surface area (TPSA) is 31.4 Å². The number of aromatic nitrogens is 1. The number of hydrogen-bond donors (Lipinski definition) is 0. The first-order chi connectivity index (χ1) is 16.2. The summed E-state index contributed by atoms with van der Waals surface area (Å²) in [6.45, 7) is 33.1. The first-order valence-corrected chi connectivity index (χ1v) is 20.5. The Bertz CT molecular complexity index is 872. The van der Waals surface area contributed by atoms with Gasteiger partial charge in [-0.05, 0) is 100 Å². The van der Waals surface area contributed by atoms with Gasteiger partial charge in [0.15, 0.2) is 16.6 Å². The third kappa shape index (κ3) is 11.1. The van der Waals surface area contributed by atoms with Gasteiger partial charge in [-0.3, -0.25) is 0 Å². The van der Waals surface area contributed by atoms with E-state index < -0.39 is 16.6 Å². The minimum atomic E-state index is -1.89. The van der Waals surface area contributed by atoms with Gasteiger partial charge >= 0.3 is 0 Å². The van der Waals surface area contributed by atoms with Crippen LogP contribution in [0.2, 0.25) is 36.3 Å². The van der Waals surface area contributed by atoms with Gasteiger partial charge < -0.3 is 8.85 Å². The summed E-state index contributed by atoms with van der Waals surface area (Å²) in [6.07, 6.45) is 9.22. The van der Waals surface area contributed by atoms with E-state index >= 15 is 0 Å². The highest BCUT2D eigenvalue weighted by Crippen LogP contribution is 2.39. The molecule has 0 saturated carbocycles. The normalized spacial score (nSPS) is 16.4. The van der Waals surface area contributed by atoms with Crippen molar-refractivity contribution in [2.75, 3.05) is 6.61 Å². The van der Waals surface area contributed by atoms with Crippen LogP contribution in [-0.4, -0.2) is 34.3 Å². The van der Waals surface area contributed by atoms with Gasteiger partial charge in [0, 0.05) is 12.0 Å². The van der Waals surface area contributed by atoms with Crippen LogP contribution < -0.4 is 0 Å². The molecule has 0 bridgehead atoms. The van der Waals surface area contributed by atoms with Gasteiger partial charge in [-0.1, -0.05) is 60.1 Å². The Morgan fingerprint density at radius 2 is 1.61 bits per heavy atom. The van der Waals surface area contributed by atoms with Crippen molar-refractivity contribution in [2.45, 2.75) is 137 Å². The van der Waals surface area contributed by atoms with Crippen molar-refractivity contribution in [1.29, 1.82) is 0 Å². The molecule has 0 aliphatic heterocycles. The summed E-state index contributed by atoms with van der Waals surface area (Å²) >= 11 is 1.70. The molecule has 0 aliphatic carbocycles. The molecule has 0 amide bonds. The monoisotopic (exact) mass is 551 g/mol. The molecule has 208 valence electrons. The van der Waals surface area contributed by atoms with Crippen LogP contribution in [0, 0.1) is 12.8 Å². The van der Waals surface area contributed by atoms with E-state index in [0.717, 1.165) is 30.2 Å². The molecule has 0 spiro atoms. The lowest BCUT2D eigenvalue weighted by atomic mass is 10.0. The van der Waals surface area contributed by atoms with E-state index in [2.05, 4.69) is 118 Å². The molecule has 0 radical (unpaired) electrons. The first kappa shape index (κ1) is 33.5. The Morgan fingerprint density at radius 1 is 1.03 bits per heavy atom. The van der Waals surface area contributed by atoms with E-state index in [1.165, 1.54) is 24.0 Å². The second-order valence-corrected chi connectivity index (χ2v) is 24.5. The number of allylic oxidation sites excluding steroid dienone is 1. The average molecular weight is 552 g/mol. The number of thiazole rings is 1. The molecule has 6 heteroatoms. The van der Waals surface area contributed by atoms with E-state index in [1.54, 1.807) is 11.3 Å². The summed E-state index contributed by atoms with van der Waals surface area (Å²) < 4.78 is 13.4. The second kappa shape index (κ2) is 13.5. The Balaban J connectivity index is 2.77. The summed E-state index contributed by atoms with van der Waals surface area (Å²) in [4.78, 5) is 4.65.